The summed E-state index contributed by atoms with van der Waals surface area (Å²) in [6.45, 7) is 0.348. The molecule has 0 unspecified atom stereocenters. The summed E-state index contributed by atoms with van der Waals surface area (Å²) < 4.78 is 10.1. The van der Waals surface area contributed by atoms with Crippen molar-refractivity contribution in [1.82, 2.24) is 0 Å². The minimum absolute atomic E-state index is 0.174. The van der Waals surface area contributed by atoms with E-state index in [2.05, 4.69) is 0 Å². The summed E-state index contributed by atoms with van der Waals surface area (Å²) in [4.78, 5) is 22.0. The van der Waals surface area contributed by atoms with Gasteiger partial charge in [-0.25, -0.2) is 0 Å². The molecular formula is C16H14O4Se. The van der Waals surface area contributed by atoms with Crippen molar-refractivity contribution >= 4 is 24.7 Å². The molecule has 0 N–H and O–H groups in total. The number of ether oxygens (including phenoxy) is 2. The molecule has 108 valence electrons. The van der Waals surface area contributed by atoms with Gasteiger partial charge >= 0.3 is 129 Å². The van der Waals surface area contributed by atoms with Gasteiger partial charge in [-0.05, 0) is 0 Å². The van der Waals surface area contributed by atoms with Crippen molar-refractivity contribution in [2.24, 2.45) is 0 Å². The van der Waals surface area contributed by atoms with Crippen molar-refractivity contribution in [3.05, 3.63) is 71.8 Å². The van der Waals surface area contributed by atoms with Crippen molar-refractivity contribution in [3.8, 4) is 0 Å². The molecule has 0 aromatic heterocycles. The van der Waals surface area contributed by atoms with Crippen LogP contribution in [0, 0.1) is 0 Å². The molecule has 0 saturated heterocycles. The van der Waals surface area contributed by atoms with E-state index < -0.39 is 24.7 Å². The summed E-state index contributed by atoms with van der Waals surface area (Å²) in [5.74, 6) is 0. The molecule has 2 aromatic rings. The molecule has 21 heavy (non-hydrogen) atoms. The number of hydrogen-bond acceptors (Lipinski definition) is 4. The zero-order chi connectivity index (χ0) is 14.9. The Bertz CT molecular complexity index is 530. The quantitative estimate of drug-likeness (QED) is 0.751. The van der Waals surface area contributed by atoms with Gasteiger partial charge in [0.05, 0.1) is 0 Å². The molecule has 0 aliphatic carbocycles. The van der Waals surface area contributed by atoms with Gasteiger partial charge in [-0.15, -0.1) is 0 Å². The molecule has 0 atom stereocenters. The summed E-state index contributed by atoms with van der Waals surface area (Å²) in [6.07, 6.45) is 0. The van der Waals surface area contributed by atoms with Crippen molar-refractivity contribution < 1.29 is 19.1 Å². The normalized spacial score (nSPS) is 9.90. The molecule has 0 spiro atoms. The predicted octanol–water partition coefficient (Wildman–Crippen LogP) is 3.36. The first-order chi connectivity index (χ1) is 10.2. The first-order valence-electron chi connectivity index (χ1n) is 6.33. The fourth-order valence-electron chi connectivity index (χ4n) is 1.56. The molecule has 0 amide bonds. The van der Waals surface area contributed by atoms with Gasteiger partial charge in [-0.2, -0.15) is 0 Å². The monoisotopic (exact) mass is 350 g/mol. The van der Waals surface area contributed by atoms with Crippen molar-refractivity contribution in [3.63, 3.8) is 0 Å². The van der Waals surface area contributed by atoms with Crippen LogP contribution in [0.2, 0.25) is 0 Å². The number of hydrogen-bond donors (Lipinski definition) is 0. The van der Waals surface area contributed by atoms with Crippen LogP contribution in [0.25, 0.3) is 0 Å². The van der Waals surface area contributed by atoms with Gasteiger partial charge in [0.2, 0.25) is 0 Å². The average molecular weight is 349 g/mol. The van der Waals surface area contributed by atoms with Gasteiger partial charge in [-0.1, -0.05) is 0 Å². The molecule has 2 aromatic carbocycles. The molecule has 0 radical (unpaired) electrons. The minimum atomic E-state index is -0.969. The second-order valence-corrected chi connectivity index (χ2v) is 5.98. The Kier molecular flexibility index (Phi) is 6.00. The van der Waals surface area contributed by atoms with Crippen LogP contribution in [0.15, 0.2) is 60.7 Å². The van der Waals surface area contributed by atoms with Crippen molar-refractivity contribution in [1.29, 1.82) is 0 Å². The molecule has 4 nitrogen and oxygen atoms in total. The zero-order valence-corrected chi connectivity index (χ0v) is 12.9. The Morgan fingerprint density at radius 3 is 1.48 bits per heavy atom. The summed E-state index contributed by atoms with van der Waals surface area (Å²) in [6, 6.07) is 18.6. The third-order valence-corrected chi connectivity index (χ3v) is 3.76. The first kappa shape index (κ1) is 15.3. The fourth-order valence-corrected chi connectivity index (χ4v) is 2.34. The third kappa shape index (κ3) is 5.81. The van der Waals surface area contributed by atoms with E-state index in [4.69, 9.17) is 9.47 Å². The van der Waals surface area contributed by atoms with E-state index in [9.17, 15) is 9.59 Å². The summed E-state index contributed by atoms with van der Waals surface area (Å²) >= 11 is -0.969. The van der Waals surface area contributed by atoms with Crippen LogP contribution in [0.3, 0.4) is 0 Å². The van der Waals surface area contributed by atoms with Crippen LogP contribution in [-0.2, 0) is 22.7 Å². The topological polar surface area (TPSA) is 52.6 Å². The Labute approximate surface area is 129 Å². The van der Waals surface area contributed by atoms with Gasteiger partial charge in [0, 0.05) is 0 Å². The number of carbonyl (C=O) groups excluding carboxylic acids is 2. The van der Waals surface area contributed by atoms with Gasteiger partial charge in [-0.3, -0.25) is 0 Å². The van der Waals surface area contributed by atoms with Crippen molar-refractivity contribution in [2.45, 2.75) is 13.2 Å². The molecule has 0 aliphatic rings. The van der Waals surface area contributed by atoms with Crippen LogP contribution in [0.4, 0.5) is 9.59 Å². The van der Waals surface area contributed by atoms with E-state index in [1.165, 1.54) is 0 Å². The van der Waals surface area contributed by atoms with Crippen LogP contribution in [-0.4, -0.2) is 24.7 Å². The van der Waals surface area contributed by atoms with E-state index in [1.54, 1.807) is 0 Å². The zero-order valence-electron chi connectivity index (χ0n) is 11.2. The predicted molar refractivity (Wildman–Crippen MR) is 79.0 cm³/mol. The van der Waals surface area contributed by atoms with Gasteiger partial charge < -0.3 is 0 Å². The van der Waals surface area contributed by atoms with E-state index in [0.29, 0.717) is 0 Å². The van der Waals surface area contributed by atoms with Crippen LogP contribution in [0.5, 0.6) is 0 Å². The second kappa shape index (κ2) is 8.25. The van der Waals surface area contributed by atoms with Crippen LogP contribution >= 0.6 is 0 Å². The summed E-state index contributed by atoms with van der Waals surface area (Å²) in [5, 5.41) is 0. The van der Waals surface area contributed by atoms with E-state index in [1.807, 2.05) is 60.7 Å². The molecule has 0 aliphatic heterocycles. The van der Waals surface area contributed by atoms with Crippen LogP contribution in [0.1, 0.15) is 11.1 Å². The number of benzene rings is 2. The van der Waals surface area contributed by atoms with Gasteiger partial charge in [0.15, 0.2) is 0 Å². The van der Waals surface area contributed by atoms with Gasteiger partial charge in [0.25, 0.3) is 0 Å². The Morgan fingerprint density at radius 2 is 1.10 bits per heavy atom. The summed E-state index contributed by atoms with van der Waals surface area (Å²) in [5.41, 5.74) is 1.78. The second-order valence-electron chi connectivity index (χ2n) is 4.15. The van der Waals surface area contributed by atoms with Gasteiger partial charge in [0.1, 0.15) is 0 Å². The van der Waals surface area contributed by atoms with Crippen molar-refractivity contribution in [2.75, 3.05) is 0 Å². The van der Waals surface area contributed by atoms with E-state index in [0.717, 1.165) is 11.1 Å². The molecule has 0 heterocycles. The number of carbonyl (C=O) groups is 2. The third-order valence-electron chi connectivity index (χ3n) is 2.57. The fraction of sp³-hybridized carbons (Fsp3) is 0.125. The molecule has 2 rings (SSSR count). The molecule has 5 heteroatoms. The van der Waals surface area contributed by atoms with E-state index in [-0.39, 0.29) is 13.2 Å². The molecule has 0 fully saturated rings. The SMILES string of the molecule is O=C(OCc1ccccc1)[Se]C(=O)OCc1ccccc1. The Hall–Kier alpha value is -2.10. The molecule has 0 saturated carbocycles. The average Bonchev–Trinajstić information content (AvgIpc) is 2.53. The number of rotatable bonds is 6. The maximum absolute atomic E-state index is 11.5. The standard InChI is InChI=1S/C16H14O4Se/c17-15(19-11-13-7-3-1-4-8-13)21-16(18)20-12-14-9-5-2-6-10-14/h1-10H,11-12H2. The van der Waals surface area contributed by atoms with E-state index >= 15 is 0 Å². The maximum atomic E-state index is 11.5. The Morgan fingerprint density at radius 1 is 0.714 bits per heavy atom. The molecule has 0 bridgehead atoms. The summed E-state index contributed by atoms with van der Waals surface area (Å²) in [7, 11) is 0. The van der Waals surface area contributed by atoms with Crippen LogP contribution < -0.4 is 0 Å². The first-order valence-corrected chi connectivity index (χ1v) is 8.04. The Balaban J connectivity index is 1.69. The molecular weight excluding hydrogens is 335 g/mol.